The Hall–Kier alpha value is -1.59. The van der Waals surface area contributed by atoms with Crippen LogP contribution in [0.1, 0.15) is 12.5 Å². The topological polar surface area (TPSA) is 70.0 Å². The highest BCUT2D eigenvalue weighted by Crippen LogP contribution is 2.23. The molecule has 0 spiro atoms. The van der Waals surface area contributed by atoms with Gasteiger partial charge < -0.3 is 19.8 Å². The fraction of sp³-hybridized carbons (Fsp3) is 0.500. The fourth-order valence-corrected chi connectivity index (χ4v) is 2.48. The number of ether oxygens (including phenoxy) is 1. The van der Waals surface area contributed by atoms with E-state index in [-0.39, 0.29) is 18.5 Å². The van der Waals surface area contributed by atoms with Gasteiger partial charge >= 0.3 is 0 Å². The zero-order valence-electron chi connectivity index (χ0n) is 11.1. The lowest BCUT2D eigenvalue weighted by molar-refractivity contribution is -0.130. The van der Waals surface area contributed by atoms with Crippen molar-refractivity contribution in [3.05, 3.63) is 29.8 Å². The predicted molar refractivity (Wildman–Crippen MR) is 69.9 cm³/mol. The number of likely N-dealkylation sites (tertiary alicyclic amines) is 1. The van der Waals surface area contributed by atoms with Crippen LogP contribution in [-0.2, 0) is 11.2 Å². The minimum absolute atomic E-state index is 0.130. The van der Waals surface area contributed by atoms with Crippen LogP contribution in [0.3, 0.4) is 0 Å². The Bertz CT molecular complexity index is 445. The van der Waals surface area contributed by atoms with E-state index >= 15 is 0 Å². The zero-order chi connectivity index (χ0) is 14.0. The Morgan fingerprint density at radius 1 is 1.37 bits per heavy atom. The molecule has 1 fully saturated rings. The minimum atomic E-state index is -0.897. The van der Waals surface area contributed by atoms with Gasteiger partial charge in [-0.2, -0.15) is 0 Å². The van der Waals surface area contributed by atoms with Gasteiger partial charge in [0.15, 0.2) is 0 Å². The van der Waals surface area contributed by atoms with Crippen LogP contribution in [-0.4, -0.2) is 52.9 Å². The Balaban J connectivity index is 2.12. The summed E-state index contributed by atoms with van der Waals surface area (Å²) >= 11 is 0. The molecule has 0 aliphatic carbocycles. The highest BCUT2D eigenvalue weighted by molar-refractivity contribution is 5.74. The predicted octanol–water partition coefficient (Wildman–Crippen LogP) is 0.190. The third-order valence-electron chi connectivity index (χ3n) is 3.58. The van der Waals surface area contributed by atoms with E-state index in [0.29, 0.717) is 6.42 Å². The lowest BCUT2D eigenvalue weighted by Crippen LogP contribution is -2.40. The van der Waals surface area contributed by atoms with Gasteiger partial charge in [0.05, 0.1) is 19.3 Å². The van der Waals surface area contributed by atoms with Crippen molar-refractivity contribution in [2.24, 2.45) is 0 Å². The summed E-state index contributed by atoms with van der Waals surface area (Å²) in [5.41, 5.74) is 0.991. The van der Waals surface area contributed by atoms with Gasteiger partial charge in [-0.05, 0) is 24.1 Å². The summed E-state index contributed by atoms with van der Waals surface area (Å²) in [6.45, 7) is 1.64. The molecule has 1 aliphatic heterocycles. The summed E-state index contributed by atoms with van der Waals surface area (Å²) in [5, 5.41) is 19.7. The molecule has 1 heterocycles. The van der Waals surface area contributed by atoms with E-state index in [1.54, 1.807) is 7.11 Å². The average molecular weight is 265 g/mol. The molecule has 0 aromatic heterocycles. The Kier molecular flexibility index (Phi) is 4.07. The van der Waals surface area contributed by atoms with Crippen molar-refractivity contribution in [3.8, 4) is 5.75 Å². The van der Waals surface area contributed by atoms with Crippen LogP contribution in [0.2, 0.25) is 0 Å². The number of aliphatic hydroxyl groups excluding tert-OH is 2. The molecule has 2 rings (SSSR count). The first kappa shape index (κ1) is 13.8. The standard InChI is InChI=1S/C14H19NO4/c1-9(16)15-8-13(17)14(18)12(15)7-10-3-5-11(19-2)6-4-10/h3-6,12-14,17-18H,7-8H2,1-2H3/t12-,13+,14+/m1/s1. The molecule has 2 N–H and O–H groups in total. The molecule has 1 saturated heterocycles. The van der Waals surface area contributed by atoms with E-state index < -0.39 is 12.2 Å². The van der Waals surface area contributed by atoms with E-state index in [1.165, 1.54) is 11.8 Å². The van der Waals surface area contributed by atoms with E-state index in [4.69, 9.17) is 4.74 Å². The van der Waals surface area contributed by atoms with Crippen LogP contribution in [0, 0.1) is 0 Å². The number of rotatable bonds is 3. The van der Waals surface area contributed by atoms with E-state index in [9.17, 15) is 15.0 Å². The van der Waals surface area contributed by atoms with E-state index in [1.807, 2.05) is 24.3 Å². The Labute approximate surface area is 112 Å². The van der Waals surface area contributed by atoms with Crippen LogP contribution in [0.25, 0.3) is 0 Å². The van der Waals surface area contributed by atoms with Gasteiger partial charge in [-0.25, -0.2) is 0 Å². The fourth-order valence-electron chi connectivity index (χ4n) is 2.48. The smallest absolute Gasteiger partial charge is 0.219 e. The van der Waals surface area contributed by atoms with Crippen LogP contribution in [0.15, 0.2) is 24.3 Å². The molecule has 0 bridgehead atoms. The lowest BCUT2D eigenvalue weighted by atomic mass is 10.0. The SMILES string of the molecule is COc1ccc(C[C@@H]2[C@H](O)[C@@H](O)CN2C(C)=O)cc1. The number of aliphatic hydroxyl groups is 2. The van der Waals surface area contributed by atoms with E-state index in [2.05, 4.69) is 0 Å². The molecule has 3 atom stereocenters. The number of nitrogens with zero attached hydrogens (tertiary/aromatic N) is 1. The zero-order valence-corrected chi connectivity index (χ0v) is 11.1. The molecular formula is C14H19NO4. The Morgan fingerprint density at radius 3 is 2.53 bits per heavy atom. The normalized spacial score (nSPS) is 26.5. The maximum atomic E-state index is 11.5. The molecule has 1 aliphatic rings. The molecule has 0 saturated carbocycles. The van der Waals surface area contributed by atoms with Crippen LogP contribution >= 0.6 is 0 Å². The Morgan fingerprint density at radius 2 is 2.00 bits per heavy atom. The van der Waals surface area contributed by atoms with Crippen molar-refractivity contribution in [3.63, 3.8) is 0 Å². The average Bonchev–Trinajstić information content (AvgIpc) is 2.68. The number of amides is 1. The van der Waals surface area contributed by atoms with Gasteiger partial charge in [0.2, 0.25) is 5.91 Å². The first-order valence-electron chi connectivity index (χ1n) is 6.29. The summed E-state index contributed by atoms with van der Waals surface area (Å²) in [6, 6.07) is 7.10. The van der Waals surface area contributed by atoms with Crippen molar-refractivity contribution >= 4 is 5.91 Å². The van der Waals surface area contributed by atoms with E-state index in [0.717, 1.165) is 11.3 Å². The molecule has 104 valence electrons. The van der Waals surface area contributed by atoms with Crippen molar-refractivity contribution in [1.82, 2.24) is 4.90 Å². The van der Waals surface area contributed by atoms with Crippen LogP contribution < -0.4 is 4.74 Å². The van der Waals surface area contributed by atoms with Gasteiger partial charge in [0, 0.05) is 13.5 Å². The number of carbonyl (C=O) groups excluding carboxylic acids is 1. The van der Waals surface area contributed by atoms with Crippen molar-refractivity contribution in [2.45, 2.75) is 31.6 Å². The van der Waals surface area contributed by atoms with Crippen molar-refractivity contribution in [2.75, 3.05) is 13.7 Å². The summed E-state index contributed by atoms with van der Waals surface area (Å²) in [6.07, 6.45) is -1.25. The summed E-state index contributed by atoms with van der Waals surface area (Å²) < 4.78 is 5.08. The number of benzene rings is 1. The largest absolute Gasteiger partial charge is 0.497 e. The summed E-state index contributed by atoms with van der Waals surface area (Å²) in [5.74, 6) is 0.633. The maximum absolute atomic E-state index is 11.5. The van der Waals surface area contributed by atoms with Crippen molar-refractivity contribution in [1.29, 1.82) is 0 Å². The highest BCUT2D eigenvalue weighted by atomic mass is 16.5. The van der Waals surface area contributed by atoms with Crippen LogP contribution in [0.5, 0.6) is 5.75 Å². The molecule has 0 unspecified atom stereocenters. The third kappa shape index (κ3) is 2.88. The molecule has 1 aromatic carbocycles. The summed E-state index contributed by atoms with van der Waals surface area (Å²) in [7, 11) is 1.60. The molecule has 19 heavy (non-hydrogen) atoms. The quantitative estimate of drug-likeness (QED) is 0.818. The third-order valence-corrected chi connectivity index (χ3v) is 3.58. The van der Waals surface area contributed by atoms with Gasteiger partial charge in [-0.15, -0.1) is 0 Å². The first-order chi connectivity index (χ1) is 9.02. The number of hydrogen-bond donors (Lipinski definition) is 2. The molecule has 1 amide bonds. The molecule has 1 aromatic rings. The van der Waals surface area contributed by atoms with Crippen molar-refractivity contribution < 1.29 is 19.7 Å². The number of hydrogen-bond acceptors (Lipinski definition) is 4. The second-order valence-electron chi connectivity index (χ2n) is 4.85. The first-order valence-corrected chi connectivity index (χ1v) is 6.29. The highest BCUT2D eigenvalue weighted by Gasteiger charge is 2.40. The number of β-amino-alcohol motifs (C(OH)–C–C–N with tert-alkyl or cyclic N) is 1. The number of methoxy groups -OCH3 is 1. The summed E-state index contributed by atoms with van der Waals surface area (Å²) in [4.78, 5) is 13.0. The second kappa shape index (κ2) is 5.59. The molecule has 5 heteroatoms. The second-order valence-corrected chi connectivity index (χ2v) is 4.85. The van der Waals surface area contributed by atoms with Gasteiger partial charge in [0.25, 0.3) is 0 Å². The monoisotopic (exact) mass is 265 g/mol. The molecular weight excluding hydrogens is 246 g/mol. The van der Waals surface area contributed by atoms with Gasteiger partial charge in [-0.3, -0.25) is 4.79 Å². The maximum Gasteiger partial charge on any atom is 0.219 e. The number of carbonyl (C=O) groups is 1. The lowest BCUT2D eigenvalue weighted by Gasteiger charge is -2.24. The molecule has 5 nitrogen and oxygen atoms in total. The molecule has 0 radical (unpaired) electrons. The van der Waals surface area contributed by atoms with Gasteiger partial charge in [0.1, 0.15) is 11.9 Å². The minimum Gasteiger partial charge on any atom is -0.497 e. The van der Waals surface area contributed by atoms with Crippen LogP contribution in [0.4, 0.5) is 0 Å². The van der Waals surface area contributed by atoms with Gasteiger partial charge in [-0.1, -0.05) is 12.1 Å².